The van der Waals surface area contributed by atoms with Crippen molar-refractivity contribution in [2.24, 2.45) is 0 Å². The molecule has 1 saturated heterocycles. The fourth-order valence-corrected chi connectivity index (χ4v) is 2.72. The lowest BCUT2D eigenvalue weighted by molar-refractivity contribution is -0.120. The number of amides is 2. The summed E-state index contributed by atoms with van der Waals surface area (Å²) in [7, 11) is 0. The lowest BCUT2D eigenvalue weighted by Gasteiger charge is -2.13. The first-order valence-corrected chi connectivity index (χ1v) is 8.35. The molecule has 3 rings (SSSR count). The fraction of sp³-hybridized carbons (Fsp3) is 0.263. The highest BCUT2D eigenvalue weighted by Crippen LogP contribution is 2.21. The molecule has 0 bridgehead atoms. The van der Waals surface area contributed by atoms with Gasteiger partial charge in [0.25, 0.3) is 5.91 Å². The normalized spacial score (nSPS) is 16.4. The Balaban J connectivity index is 1.62. The second-order valence-electron chi connectivity index (χ2n) is 6.06. The van der Waals surface area contributed by atoms with Gasteiger partial charge in [-0.2, -0.15) is 0 Å². The molecule has 6 heteroatoms. The SMILES string of the molecule is Cc1ccc(Nc2ccccc2C(=O)NCCC2NCNC2=O)cc1. The van der Waals surface area contributed by atoms with Crippen molar-refractivity contribution in [1.29, 1.82) is 0 Å². The van der Waals surface area contributed by atoms with E-state index in [2.05, 4.69) is 21.3 Å². The Morgan fingerprint density at radius 2 is 1.92 bits per heavy atom. The zero-order valence-electron chi connectivity index (χ0n) is 14.1. The minimum Gasteiger partial charge on any atom is -0.355 e. The monoisotopic (exact) mass is 338 g/mol. The quantitative estimate of drug-likeness (QED) is 0.648. The number of hydrogen-bond donors (Lipinski definition) is 4. The second-order valence-corrected chi connectivity index (χ2v) is 6.06. The predicted molar refractivity (Wildman–Crippen MR) is 97.8 cm³/mol. The first-order chi connectivity index (χ1) is 12.1. The Morgan fingerprint density at radius 3 is 2.64 bits per heavy atom. The third-order valence-electron chi connectivity index (χ3n) is 4.15. The van der Waals surface area contributed by atoms with Gasteiger partial charge in [0, 0.05) is 12.2 Å². The van der Waals surface area contributed by atoms with Crippen LogP contribution in [0.2, 0.25) is 0 Å². The molecule has 1 aliphatic rings. The zero-order chi connectivity index (χ0) is 17.6. The van der Waals surface area contributed by atoms with Gasteiger partial charge in [-0.15, -0.1) is 0 Å². The summed E-state index contributed by atoms with van der Waals surface area (Å²) in [6.07, 6.45) is 0.561. The van der Waals surface area contributed by atoms with Gasteiger partial charge >= 0.3 is 0 Å². The summed E-state index contributed by atoms with van der Waals surface area (Å²) in [5, 5.41) is 11.9. The van der Waals surface area contributed by atoms with E-state index >= 15 is 0 Å². The van der Waals surface area contributed by atoms with E-state index < -0.39 is 0 Å². The van der Waals surface area contributed by atoms with Crippen molar-refractivity contribution in [2.45, 2.75) is 19.4 Å². The molecule has 1 atom stereocenters. The topological polar surface area (TPSA) is 82.3 Å². The molecule has 1 aliphatic heterocycles. The third kappa shape index (κ3) is 4.36. The van der Waals surface area contributed by atoms with Crippen molar-refractivity contribution in [3.8, 4) is 0 Å². The smallest absolute Gasteiger partial charge is 0.253 e. The van der Waals surface area contributed by atoms with Crippen molar-refractivity contribution in [3.63, 3.8) is 0 Å². The van der Waals surface area contributed by atoms with E-state index in [0.717, 1.165) is 11.4 Å². The highest BCUT2D eigenvalue weighted by atomic mass is 16.2. The Labute approximate surface area is 147 Å². The van der Waals surface area contributed by atoms with Gasteiger partial charge in [-0.3, -0.25) is 14.9 Å². The van der Waals surface area contributed by atoms with E-state index in [1.807, 2.05) is 49.4 Å². The molecule has 0 aromatic heterocycles. The molecule has 2 aromatic rings. The predicted octanol–water partition coefficient (Wildman–Crippen LogP) is 1.90. The molecule has 130 valence electrons. The number of aryl methyl sites for hydroxylation is 1. The van der Waals surface area contributed by atoms with Crippen LogP contribution in [0.15, 0.2) is 48.5 Å². The maximum Gasteiger partial charge on any atom is 0.253 e. The minimum atomic E-state index is -0.235. The molecule has 1 fully saturated rings. The first-order valence-electron chi connectivity index (χ1n) is 8.35. The van der Waals surface area contributed by atoms with Crippen molar-refractivity contribution in [3.05, 3.63) is 59.7 Å². The summed E-state index contributed by atoms with van der Waals surface area (Å²) in [6.45, 7) is 2.95. The summed E-state index contributed by atoms with van der Waals surface area (Å²) in [4.78, 5) is 24.0. The molecule has 0 spiro atoms. The van der Waals surface area contributed by atoms with E-state index in [9.17, 15) is 9.59 Å². The summed E-state index contributed by atoms with van der Waals surface area (Å²) in [6, 6.07) is 15.1. The number of benzene rings is 2. The molecule has 4 N–H and O–H groups in total. The van der Waals surface area contributed by atoms with Gasteiger partial charge in [0.1, 0.15) is 0 Å². The lowest BCUT2D eigenvalue weighted by Crippen LogP contribution is -2.34. The molecule has 0 radical (unpaired) electrons. The van der Waals surface area contributed by atoms with Crippen LogP contribution in [0, 0.1) is 6.92 Å². The van der Waals surface area contributed by atoms with Gasteiger partial charge in [0.15, 0.2) is 0 Å². The molecule has 6 nitrogen and oxygen atoms in total. The molecule has 1 unspecified atom stereocenters. The maximum atomic E-state index is 12.5. The summed E-state index contributed by atoms with van der Waals surface area (Å²) in [5.74, 6) is -0.177. The summed E-state index contributed by atoms with van der Waals surface area (Å²) < 4.78 is 0. The molecule has 2 amide bonds. The van der Waals surface area contributed by atoms with E-state index in [0.29, 0.717) is 25.2 Å². The van der Waals surface area contributed by atoms with Gasteiger partial charge in [-0.1, -0.05) is 29.8 Å². The average Bonchev–Trinajstić information content (AvgIpc) is 3.02. The van der Waals surface area contributed by atoms with Crippen LogP contribution in [0.1, 0.15) is 22.3 Å². The van der Waals surface area contributed by atoms with Crippen LogP contribution in [-0.4, -0.2) is 31.1 Å². The summed E-state index contributed by atoms with van der Waals surface area (Å²) in [5.41, 5.74) is 3.44. The molecule has 0 saturated carbocycles. The van der Waals surface area contributed by atoms with Crippen molar-refractivity contribution in [2.75, 3.05) is 18.5 Å². The number of hydrogen-bond acceptors (Lipinski definition) is 4. The number of carbonyl (C=O) groups excluding carboxylic acids is 2. The average molecular weight is 338 g/mol. The Morgan fingerprint density at radius 1 is 1.16 bits per heavy atom. The maximum absolute atomic E-state index is 12.5. The zero-order valence-corrected chi connectivity index (χ0v) is 14.1. The van der Waals surface area contributed by atoms with Crippen LogP contribution in [-0.2, 0) is 4.79 Å². The molecule has 1 heterocycles. The van der Waals surface area contributed by atoms with Crippen LogP contribution in [0.4, 0.5) is 11.4 Å². The number of para-hydroxylation sites is 1. The van der Waals surface area contributed by atoms with Crippen LogP contribution in [0.25, 0.3) is 0 Å². The van der Waals surface area contributed by atoms with Gasteiger partial charge in [0.2, 0.25) is 5.91 Å². The third-order valence-corrected chi connectivity index (χ3v) is 4.15. The van der Waals surface area contributed by atoms with Gasteiger partial charge in [-0.05, 0) is 37.6 Å². The Bertz CT molecular complexity index is 758. The highest BCUT2D eigenvalue weighted by molar-refractivity contribution is 6.00. The fourth-order valence-electron chi connectivity index (χ4n) is 2.72. The molecule has 25 heavy (non-hydrogen) atoms. The standard InChI is InChI=1S/C19H22N4O2/c1-13-6-8-14(9-7-13)23-16-5-3-2-4-15(16)18(24)20-11-10-17-19(25)22-12-21-17/h2-9,17,21,23H,10-12H2,1H3,(H,20,24)(H,22,25). The van der Waals surface area contributed by atoms with E-state index in [1.54, 1.807) is 6.07 Å². The van der Waals surface area contributed by atoms with Gasteiger partial charge < -0.3 is 16.0 Å². The Hall–Kier alpha value is -2.86. The number of nitrogens with one attached hydrogen (secondary N) is 4. The van der Waals surface area contributed by atoms with E-state index in [1.165, 1.54) is 5.56 Å². The number of rotatable bonds is 6. The minimum absolute atomic E-state index is 0.0179. The van der Waals surface area contributed by atoms with Crippen molar-refractivity contribution in [1.82, 2.24) is 16.0 Å². The van der Waals surface area contributed by atoms with Crippen molar-refractivity contribution < 1.29 is 9.59 Å². The lowest BCUT2D eigenvalue weighted by atomic mass is 10.1. The largest absolute Gasteiger partial charge is 0.355 e. The highest BCUT2D eigenvalue weighted by Gasteiger charge is 2.22. The number of carbonyl (C=O) groups is 2. The Kier molecular flexibility index (Phi) is 5.30. The number of anilines is 2. The molecular formula is C19H22N4O2. The molecule has 2 aromatic carbocycles. The molecular weight excluding hydrogens is 316 g/mol. The van der Waals surface area contributed by atoms with Crippen molar-refractivity contribution >= 4 is 23.2 Å². The van der Waals surface area contributed by atoms with Crippen LogP contribution < -0.4 is 21.3 Å². The summed E-state index contributed by atoms with van der Waals surface area (Å²) >= 11 is 0. The second kappa shape index (κ2) is 7.81. The van der Waals surface area contributed by atoms with Gasteiger partial charge in [-0.25, -0.2) is 0 Å². The van der Waals surface area contributed by atoms with Crippen LogP contribution >= 0.6 is 0 Å². The van der Waals surface area contributed by atoms with E-state index in [-0.39, 0.29) is 17.9 Å². The molecule has 0 aliphatic carbocycles. The van der Waals surface area contributed by atoms with Crippen LogP contribution in [0.5, 0.6) is 0 Å². The van der Waals surface area contributed by atoms with Crippen LogP contribution in [0.3, 0.4) is 0 Å². The first kappa shape index (κ1) is 17.0. The van der Waals surface area contributed by atoms with E-state index in [4.69, 9.17) is 0 Å². The van der Waals surface area contributed by atoms with Gasteiger partial charge in [0.05, 0.1) is 24.0 Å².